The van der Waals surface area contributed by atoms with Gasteiger partial charge in [0.2, 0.25) is 5.91 Å². The fourth-order valence-electron chi connectivity index (χ4n) is 2.70. The van der Waals surface area contributed by atoms with E-state index in [1.807, 2.05) is 0 Å². The zero-order chi connectivity index (χ0) is 21.8. The molecule has 0 unspecified atom stereocenters. The Morgan fingerprint density at radius 1 is 1.23 bits per heavy atom. The topological polar surface area (TPSA) is 84.9 Å². The lowest BCUT2D eigenvalue weighted by Gasteiger charge is -2.13. The number of thioether (sulfide) groups is 1. The summed E-state index contributed by atoms with van der Waals surface area (Å²) in [6.45, 7) is -0.393. The van der Waals surface area contributed by atoms with Gasteiger partial charge in [-0.2, -0.15) is 0 Å². The van der Waals surface area contributed by atoms with Crippen LogP contribution in [0.3, 0.4) is 0 Å². The maximum Gasteiger partial charge on any atom is 0.294 e. The van der Waals surface area contributed by atoms with E-state index in [9.17, 15) is 14.4 Å². The summed E-state index contributed by atoms with van der Waals surface area (Å²) in [5.74, 6) is -0.283. The van der Waals surface area contributed by atoms with Gasteiger partial charge in [0.05, 0.1) is 29.8 Å². The third kappa shape index (κ3) is 4.80. The molecule has 2 aromatic carbocycles. The average Bonchev–Trinajstić information content (AvgIpc) is 2.96. The summed E-state index contributed by atoms with van der Waals surface area (Å²) in [5, 5.41) is 2.44. The summed E-state index contributed by atoms with van der Waals surface area (Å²) in [4.78, 5) is 38.4. The largest absolute Gasteiger partial charge is 0.493 e. The molecular weight excluding hydrogens is 496 g/mol. The van der Waals surface area contributed by atoms with E-state index in [0.29, 0.717) is 32.2 Å². The van der Waals surface area contributed by atoms with E-state index in [1.165, 1.54) is 20.3 Å². The first kappa shape index (κ1) is 22.2. The highest BCUT2D eigenvalue weighted by atomic mass is 79.9. The summed E-state index contributed by atoms with van der Waals surface area (Å²) < 4.78 is 11.1. The minimum atomic E-state index is -0.557. The van der Waals surface area contributed by atoms with Crippen LogP contribution < -0.4 is 14.8 Å². The Morgan fingerprint density at radius 3 is 2.63 bits per heavy atom. The molecule has 0 spiro atoms. The Kier molecular flexibility index (Phi) is 7.06. The molecule has 3 rings (SSSR count). The number of anilines is 1. The number of methoxy groups -OCH3 is 2. The molecule has 0 saturated carbocycles. The van der Waals surface area contributed by atoms with E-state index >= 15 is 0 Å². The second-order valence-electron chi connectivity index (χ2n) is 6.03. The van der Waals surface area contributed by atoms with Gasteiger partial charge < -0.3 is 14.8 Å². The zero-order valence-electron chi connectivity index (χ0n) is 15.9. The van der Waals surface area contributed by atoms with Crippen LogP contribution in [-0.4, -0.2) is 42.7 Å². The fourth-order valence-corrected chi connectivity index (χ4v) is 4.22. The lowest BCUT2D eigenvalue weighted by Crippen LogP contribution is -2.36. The average molecular weight is 512 g/mol. The number of nitrogens with zero attached hydrogens (tertiary/aromatic N) is 1. The molecule has 1 saturated heterocycles. The van der Waals surface area contributed by atoms with Gasteiger partial charge >= 0.3 is 0 Å². The smallest absolute Gasteiger partial charge is 0.294 e. The highest BCUT2D eigenvalue weighted by Gasteiger charge is 2.36. The van der Waals surface area contributed by atoms with Crippen molar-refractivity contribution < 1.29 is 23.9 Å². The van der Waals surface area contributed by atoms with Crippen LogP contribution in [0.5, 0.6) is 11.5 Å². The van der Waals surface area contributed by atoms with Crippen LogP contribution in [0.4, 0.5) is 10.5 Å². The normalized spacial score (nSPS) is 14.9. The number of amides is 3. The molecule has 0 atom stereocenters. The third-order valence-electron chi connectivity index (χ3n) is 4.08. The summed E-state index contributed by atoms with van der Waals surface area (Å²) in [6.07, 6.45) is 1.52. The van der Waals surface area contributed by atoms with Gasteiger partial charge in [-0.1, -0.05) is 23.7 Å². The number of carbonyl (C=O) groups is 3. The van der Waals surface area contributed by atoms with Crippen LogP contribution in [0.25, 0.3) is 6.08 Å². The molecular formula is C20H16BrClN2O5S. The molecule has 1 aliphatic heterocycles. The summed E-state index contributed by atoms with van der Waals surface area (Å²) in [6, 6.07) is 10.3. The Labute approximate surface area is 190 Å². The maximum atomic E-state index is 12.7. The van der Waals surface area contributed by atoms with Crippen molar-refractivity contribution in [3.05, 3.63) is 56.4 Å². The van der Waals surface area contributed by atoms with Gasteiger partial charge in [-0.15, -0.1) is 0 Å². The first-order chi connectivity index (χ1) is 14.3. The summed E-state index contributed by atoms with van der Waals surface area (Å²) >= 11 is 10.3. The van der Waals surface area contributed by atoms with E-state index in [0.717, 1.165) is 16.7 Å². The number of halogens is 2. The number of nitrogens with one attached hydrogen (secondary N) is 1. The van der Waals surface area contributed by atoms with Crippen LogP contribution in [0, 0.1) is 0 Å². The Bertz CT molecular complexity index is 1060. The second-order valence-corrected chi connectivity index (χ2v) is 8.29. The fraction of sp³-hybridized carbons (Fsp3) is 0.150. The third-order valence-corrected chi connectivity index (χ3v) is 5.96. The molecule has 10 heteroatoms. The highest BCUT2D eigenvalue weighted by Crippen LogP contribution is 2.38. The van der Waals surface area contributed by atoms with Crippen molar-refractivity contribution in [2.75, 3.05) is 26.1 Å². The molecule has 1 N–H and O–H groups in total. The standard InChI is InChI=1S/C20H16BrClN2O5S/c1-28-15-8-11(7-13(22)18(15)29-2)9-16-19(26)24(20(27)30-16)10-17(25)23-14-6-4-3-5-12(14)21/h3-9H,10H2,1-2H3,(H,23,25)/b16-9-. The first-order valence-corrected chi connectivity index (χ1v) is 10.5. The molecule has 7 nitrogen and oxygen atoms in total. The number of ether oxygens (including phenoxy) is 2. The van der Waals surface area contributed by atoms with E-state index < -0.39 is 23.6 Å². The number of hydrogen-bond donors (Lipinski definition) is 1. The number of carbonyl (C=O) groups excluding carboxylic acids is 3. The summed E-state index contributed by atoms with van der Waals surface area (Å²) in [7, 11) is 2.93. The van der Waals surface area contributed by atoms with Gasteiger partial charge in [0.15, 0.2) is 11.5 Å². The van der Waals surface area contributed by atoms with Crippen molar-refractivity contribution in [1.29, 1.82) is 0 Å². The minimum Gasteiger partial charge on any atom is -0.493 e. The van der Waals surface area contributed by atoms with Gasteiger partial charge in [-0.05, 0) is 63.6 Å². The molecule has 1 heterocycles. The Hall–Kier alpha value is -2.49. The lowest BCUT2D eigenvalue weighted by atomic mass is 10.2. The zero-order valence-corrected chi connectivity index (χ0v) is 19.1. The second kappa shape index (κ2) is 9.55. The highest BCUT2D eigenvalue weighted by molar-refractivity contribution is 9.10. The van der Waals surface area contributed by atoms with Crippen molar-refractivity contribution in [2.24, 2.45) is 0 Å². The Morgan fingerprint density at radius 2 is 1.97 bits per heavy atom. The lowest BCUT2D eigenvalue weighted by molar-refractivity contribution is -0.127. The van der Waals surface area contributed by atoms with Gasteiger partial charge in [0.1, 0.15) is 6.54 Å². The number of hydrogen-bond acceptors (Lipinski definition) is 6. The molecule has 1 fully saturated rings. The van der Waals surface area contributed by atoms with Crippen molar-refractivity contribution in [1.82, 2.24) is 4.90 Å². The van der Waals surface area contributed by atoms with E-state index in [1.54, 1.807) is 36.4 Å². The summed E-state index contributed by atoms with van der Waals surface area (Å²) in [5.41, 5.74) is 1.10. The molecule has 0 bridgehead atoms. The van der Waals surface area contributed by atoms with E-state index in [4.69, 9.17) is 21.1 Å². The molecule has 0 aliphatic carbocycles. The number of rotatable bonds is 6. The number of imide groups is 1. The minimum absolute atomic E-state index is 0.178. The van der Waals surface area contributed by atoms with Crippen molar-refractivity contribution >= 4 is 68.1 Å². The van der Waals surface area contributed by atoms with Crippen molar-refractivity contribution in [2.45, 2.75) is 0 Å². The van der Waals surface area contributed by atoms with Crippen LogP contribution in [0.1, 0.15) is 5.56 Å². The van der Waals surface area contributed by atoms with Gasteiger partial charge in [-0.25, -0.2) is 0 Å². The number of para-hydroxylation sites is 1. The molecule has 3 amide bonds. The monoisotopic (exact) mass is 510 g/mol. The van der Waals surface area contributed by atoms with E-state index in [2.05, 4.69) is 21.2 Å². The molecule has 1 aliphatic rings. The van der Waals surface area contributed by atoms with Crippen LogP contribution in [0.2, 0.25) is 5.02 Å². The predicted octanol–water partition coefficient (Wildman–Crippen LogP) is 4.79. The molecule has 0 radical (unpaired) electrons. The van der Waals surface area contributed by atoms with Gasteiger partial charge in [0.25, 0.3) is 11.1 Å². The van der Waals surface area contributed by atoms with E-state index in [-0.39, 0.29) is 4.91 Å². The van der Waals surface area contributed by atoms with Gasteiger partial charge in [0, 0.05) is 4.47 Å². The van der Waals surface area contributed by atoms with Crippen molar-refractivity contribution in [3.63, 3.8) is 0 Å². The Balaban J connectivity index is 1.77. The quantitative estimate of drug-likeness (QED) is 0.561. The molecule has 30 heavy (non-hydrogen) atoms. The number of benzene rings is 2. The van der Waals surface area contributed by atoms with Crippen LogP contribution >= 0.6 is 39.3 Å². The van der Waals surface area contributed by atoms with Gasteiger partial charge in [-0.3, -0.25) is 19.3 Å². The maximum absolute atomic E-state index is 12.7. The first-order valence-electron chi connectivity index (χ1n) is 8.55. The molecule has 2 aromatic rings. The molecule has 0 aromatic heterocycles. The predicted molar refractivity (Wildman–Crippen MR) is 120 cm³/mol. The molecule has 156 valence electrons. The van der Waals surface area contributed by atoms with Crippen LogP contribution in [-0.2, 0) is 9.59 Å². The van der Waals surface area contributed by atoms with Crippen LogP contribution in [0.15, 0.2) is 45.8 Å². The van der Waals surface area contributed by atoms with Crippen molar-refractivity contribution in [3.8, 4) is 11.5 Å². The SMILES string of the molecule is COc1cc(/C=C2\SC(=O)N(CC(=O)Nc3ccccc3Br)C2=O)cc(Cl)c1OC.